The number of nitrogens with one attached hydrogen (secondary N) is 1. The molecule has 0 radical (unpaired) electrons. The lowest BCUT2D eigenvalue weighted by atomic mass is 9.96. The van der Waals surface area contributed by atoms with Crippen molar-refractivity contribution in [3.05, 3.63) is 71.9 Å². The molecule has 0 aliphatic carbocycles. The maximum absolute atomic E-state index is 5.26. The number of hydrogen-bond acceptors (Lipinski definition) is 4. The summed E-state index contributed by atoms with van der Waals surface area (Å²) in [5, 5.41) is 7.49. The van der Waals surface area contributed by atoms with Crippen LogP contribution in [-0.4, -0.2) is 60.3 Å². The number of rotatable bonds is 9. The van der Waals surface area contributed by atoms with Crippen molar-refractivity contribution in [2.24, 2.45) is 5.92 Å². The van der Waals surface area contributed by atoms with E-state index in [1.54, 1.807) is 7.11 Å². The van der Waals surface area contributed by atoms with Gasteiger partial charge < -0.3 is 14.5 Å². The van der Waals surface area contributed by atoms with Crippen LogP contribution in [0.15, 0.2) is 60.8 Å². The minimum absolute atomic E-state index is 0.724. The summed E-state index contributed by atoms with van der Waals surface area (Å²) in [4.78, 5) is 5.09. The van der Waals surface area contributed by atoms with Gasteiger partial charge in [0.25, 0.3) is 0 Å². The SMILES string of the molecule is COc1ccc(CCN2CCCC(CN(C)Cc3cn[nH]c3-c3ccccc3)C2)cc1. The summed E-state index contributed by atoms with van der Waals surface area (Å²) in [6, 6.07) is 19.0. The second-order valence-corrected chi connectivity index (χ2v) is 8.74. The highest BCUT2D eigenvalue weighted by atomic mass is 16.5. The minimum Gasteiger partial charge on any atom is -0.497 e. The molecular weight excluding hydrogens is 384 g/mol. The van der Waals surface area contributed by atoms with Crippen LogP contribution in [0.4, 0.5) is 0 Å². The van der Waals surface area contributed by atoms with Crippen molar-refractivity contribution in [1.82, 2.24) is 20.0 Å². The Balaban J connectivity index is 1.27. The Morgan fingerprint density at radius 2 is 1.94 bits per heavy atom. The smallest absolute Gasteiger partial charge is 0.118 e. The highest BCUT2D eigenvalue weighted by Gasteiger charge is 2.21. The van der Waals surface area contributed by atoms with Gasteiger partial charge in [0.05, 0.1) is 19.0 Å². The minimum atomic E-state index is 0.724. The van der Waals surface area contributed by atoms with E-state index in [-0.39, 0.29) is 0 Å². The van der Waals surface area contributed by atoms with E-state index in [1.807, 2.05) is 6.20 Å². The molecule has 1 aliphatic heterocycles. The standard InChI is InChI=1S/C26H34N4O/c1-29(20-24-17-27-28-26(24)23-8-4-3-5-9-23)18-22-7-6-15-30(19-22)16-14-21-10-12-25(31-2)13-11-21/h3-5,8-13,17,22H,6-7,14-16,18-20H2,1-2H3,(H,27,28). The summed E-state index contributed by atoms with van der Waals surface area (Å²) < 4.78 is 5.26. The van der Waals surface area contributed by atoms with Crippen LogP contribution in [-0.2, 0) is 13.0 Å². The molecule has 0 saturated carbocycles. The molecule has 1 unspecified atom stereocenters. The first-order chi connectivity index (χ1) is 15.2. The predicted octanol–water partition coefficient (Wildman–Crippen LogP) is 4.47. The number of hydrogen-bond donors (Lipinski definition) is 1. The number of aromatic nitrogens is 2. The molecule has 1 aromatic heterocycles. The lowest BCUT2D eigenvalue weighted by molar-refractivity contribution is 0.142. The van der Waals surface area contributed by atoms with Gasteiger partial charge in [-0.15, -0.1) is 0 Å². The first-order valence-electron chi connectivity index (χ1n) is 11.3. The van der Waals surface area contributed by atoms with Gasteiger partial charge in [-0.25, -0.2) is 0 Å². The molecule has 2 aromatic carbocycles. The summed E-state index contributed by atoms with van der Waals surface area (Å²) >= 11 is 0. The van der Waals surface area contributed by atoms with Gasteiger partial charge in [0.2, 0.25) is 0 Å². The average molecular weight is 419 g/mol. The van der Waals surface area contributed by atoms with Crippen molar-refractivity contribution in [2.45, 2.75) is 25.8 Å². The number of benzene rings is 2. The first kappa shape index (κ1) is 21.6. The summed E-state index contributed by atoms with van der Waals surface area (Å²) in [6.07, 6.45) is 5.69. The largest absolute Gasteiger partial charge is 0.497 e. The molecule has 1 fully saturated rings. The van der Waals surface area contributed by atoms with Gasteiger partial charge in [0, 0.05) is 31.7 Å². The average Bonchev–Trinajstić information content (AvgIpc) is 3.27. The van der Waals surface area contributed by atoms with E-state index in [9.17, 15) is 0 Å². The zero-order valence-corrected chi connectivity index (χ0v) is 18.8. The van der Waals surface area contributed by atoms with E-state index >= 15 is 0 Å². The maximum Gasteiger partial charge on any atom is 0.118 e. The summed E-state index contributed by atoms with van der Waals surface area (Å²) in [5.74, 6) is 1.65. The third-order valence-corrected chi connectivity index (χ3v) is 6.27. The van der Waals surface area contributed by atoms with Crippen LogP contribution in [0.2, 0.25) is 0 Å². The number of likely N-dealkylation sites (tertiary alicyclic amines) is 1. The van der Waals surface area contributed by atoms with Crippen molar-refractivity contribution in [3.63, 3.8) is 0 Å². The monoisotopic (exact) mass is 418 g/mol. The van der Waals surface area contributed by atoms with Crippen molar-refractivity contribution in [2.75, 3.05) is 40.3 Å². The first-order valence-corrected chi connectivity index (χ1v) is 11.3. The molecule has 31 heavy (non-hydrogen) atoms. The van der Waals surface area contributed by atoms with E-state index in [0.717, 1.165) is 43.4 Å². The molecule has 4 rings (SSSR count). The van der Waals surface area contributed by atoms with Crippen LogP contribution in [0.3, 0.4) is 0 Å². The van der Waals surface area contributed by atoms with E-state index < -0.39 is 0 Å². The fraction of sp³-hybridized carbons (Fsp3) is 0.423. The predicted molar refractivity (Wildman–Crippen MR) is 126 cm³/mol. The molecule has 0 spiro atoms. The summed E-state index contributed by atoms with van der Waals surface area (Å²) in [5.41, 5.74) is 4.98. The Kier molecular flexibility index (Phi) is 7.39. The second kappa shape index (κ2) is 10.6. The van der Waals surface area contributed by atoms with E-state index in [1.165, 1.54) is 42.6 Å². The van der Waals surface area contributed by atoms with E-state index in [4.69, 9.17) is 4.74 Å². The molecule has 1 aliphatic rings. The zero-order valence-electron chi connectivity index (χ0n) is 18.8. The number of aromatic amines is 1. The van der Waals surface area contributed by atoms with Crippen LogP contribution >= 0.6 is 0 Å². The van der Waals surface area contributed by atoms with Gasteiger partial charge in [-0.2, -0.15) is 5.10 Å². The Bertz CT molecular complexity index is 922. The fourth-order valence-corrected chi connectivity index (χ4v) is 4.66. The molecule has 0 amide bonds. The van der Waals surface area contributed by atoms with Crippen molar-refractivity contribution < 1.29 is 4.74 Å². The molecule has 5 nitrogen and oxygen atoms in total. The van der Waals surface area contributed by atoms with Crippen LogP contribution in [0.25, 0.3) is 11.3 Å². The van der Waals surface area contributed by atoms with E-state index in [2.05, 4.69) is 81.6 Å². The van der Waals surface area contributed by atoms with Gasteiger partial charge in [-0.05, 0) is 62.0 Å². The van der Waals surface area contributed by atoms with Crippen molar-refractivity contribution in [3.8, 4) is 17.0 Å². The fourth-order valence-electron chi connectivity index (χ4n) is 4.66. The topological polar surface area (TPSA) is 44.4 Å². The van der Waals surface area contributed by atoms with E-state index in [0.29, 0.717) is 0 Å². The molecule has 3 aromatic rings. The Morgan fingerprint density at radius 3 is 2.71 bits per heavy atom. The molecule has 1 saturated heterocycles. The molecular formula is C26H34N4O. The highest BCUT2D eigenvalue weighted by molar-refractivity contribution is 5.62. The number of methoxy groups -OCH3 is 1. The highest BCUT2D eigenvalue weighted by Crippen LogP contribution is 2.23. The van der Waals surface area contributed by atoms with Crippen molar-refractivity contribution >= 4 is 0 Å². The number of nitrogens with zero attached hydrogens (tertiary/aromatic N) is 3. The van der Waals surface area contributed by atoms with Gasteiger partial charge >= 0.3 is 0 Å². The Morgan fingerprint density at radius 1 is 1.13 bits per heavy atom. The van der Waals surface area contributed by atoms with Gasteiger partial charge in [-0.3, -0.25) is 5.10 Å². The van der Waals surface area contributed by atoms with Gasteiger partial charge in [0.1, 0.15) is 5.75 Å². The molecule has 0 bridgehead atoms. The number of piperidine rings is 1. The zero-order chi connectivity index (χ0) is 21.5. The van der Waals surface area contributed by atoms with Gasteiger partial charge in [-0.1, -0.05) is 42.5 Å². The van der Waals surface area contributed by atoms with Crippen LogP contribution < -0.4 is 4.74 Å². The van der Waals surface area contributed by atoms with Crippen LogP contribution in [0.1, 0.15) is 24.0 Å². The molecule has 2 heterocycles. The Labute approximate surface area is 186 Å². The summed E-state index contributed by atoms with van der Waals surface area (Å²) in [7, 11) is 3.95. The maximum atomic E-state index is 5.26. The normalized spacial score (nSPS) is 17.2. The third kappa shape index (κ3) is 5.96. The lowest BCUT2D eigenvalue weighted by Gasteiger charge is -2.34. The molecule has 1 atom stereocenters. The van der Waals surface area contributed by atoms with Crippen LogP contribution in [0.5, 0.6) is 5.75 Å². The molecule has 1 N–H and O–H groups in total. The third-order valence-electron chi connectivity index (χ3n) is 6.27. The second-order valence-electron chi connectivity index (χ2n) is 8.74. The molecule has 5 heteroatoms. The van der Waals surface area contributed by atoms with Crippen LogP contribution in [0, 0.1) is 5.92 Å². The lowest BCUT2D eigenvalue weighted by Crippen LogP contribution is -2.40. The van der Waals surface area contributed by atoms with Crippen molar-refractivity contribution in [1.29, 1.82) is 0 Å². The number of H-pyrrole nitrogens is 1. The summed E-state index contributed by atoms with van der Waals surface area (Å²) in [6.45, 7) is 5.58. The quantitative estimate of drug-likeness (QED) is 0.557. The number of ether oxygens (including phenoxy) is 1. The Hall–Kier alpha value is -2.63. The van der Waals surface area contributed by atoms with Gasteiger partial charge in [0.15, 0.2) is 0 Å². The molecule has 164 valence electrons.